The molecule has 0 aromatic rings. The van der Waals surface area contributed by atoms with E-state index in [1.165, 1.54) is 0 Å². The van der Waals surface area contributed by atoms with E-state index in [4.69, 9.17) is 10.2 Å². The van der Waals surface area contributed by atoms with E-state index in [0.29, 0.717) is 6.42 Å². The zero-order valence-electron chi connectivity index (χ0n) is 8.01. The van der Waals surface area contributed by atoms with Gasteiger partial charge in [0.25, 0.3) is 0 Å². The van der Waals surface area contributed by atoms with E-state index in [9.17, 15) is 9.59 Å². The highest BCUT2D eigenvalue weighted by atomic mass is 16.4. The van der Waals surface area contributed by atoms with Crippen LogP contribution in [0.15, 0.2) is 24.3 Å². The number of carboxylic acids is 2. The van der Waals surface area contributed by atoms with Crippen molar-refractivity contribution in [3.63, 3.8) is 0 Å². The highest BCUT2D eigenvalue weighted by Crippen LogP contribution is 2.07. The molecule has 0 heterocycles. The Morgan fingerprint density at radius 3 is 2.21 bits per heavy atom. The Morgan fingerprint density at radius 1 is 1.21 bits per heavy atom. The molecule has 0 unspecified atom stereocenters. The summed E-state index contributed by atoms with van der Waals surface area (Å²) in [7, 11) is 0. The highest BCUT2D eigenvalue weighted by molar-refractivity contribution is 5.92. The summed E-state index contributed by atoms with van der Waals surface area (Å²) < 4.78 is 0. The lowest BCUT2D eigenvalue weighted by Crippen LogP contribution is -2.22. The largest absolute Gasteiger partial charge is 0.481 e. The van der Waals surface area contributed by atoms with E-state index in [0.717, 1.165) is 0 Å². The first kappa shape index (κ1) is 12.4. The van der Waals surface area contributed by atoms with E-state index in [1.54, 1.807) is 18.2 Å². The molecule has 0 aliphatic carbocycles. The number of rotatable bonds is 6. The van der Waals surface area contributed by atoms with E-state index >= 15 is 0 Å². The summed E-state index contributed by atoms with van der Waals surface area (Å²) in [5.74, 6) is -3.86. The van der Waals surface area contributed by atoms with Crippen LogP contribution in [0.25, 0.3) is 0 Å². The van der Waals surface area contributed by atoms with Gasteiger partial charge in [-0.25, -0.2) is 0 Å². The van der Waals surface area contributed by atoms with Gasteiger partial charge in [-0.1, -0.05) is 24.3 Å². The predicted molar refractivity (Wildman–Crippen MR) is 51.9 cm³/mol. The van der Waals surface area contributed by atoms with E-state index in [-0.39, 0.29) is 6.42 Å². The van der Waals surface area contributed by atoms with Crippen molar-refractivity contribution in [2.24, 2.45) is 5.92 Å². The molecule has 4 nitrogen and oxygen atoms in total. The van der Waals surface area contributed by atoms with Gasteiger partial charge >= 0.3 is 11.9 Å². The van der Waals surface area contributed by atoms with Crippen LogP contribution < -0.4 is 0 Å². The van der Waals surface area contributed by atoms with Gasteiger partial charge < -0.3 is 10.2 Å². The molecule has 0 rings (SSSR count). The van der Waals surface area contributed by atoms with E-state index < -0.39 is 17.9 Å². The van der Waals surface area contributed by atoms with Crippen LogP contribution in [0.3, 0.4) is 0 Å². The van der Waals surface area contributed by atoms with Gasteiger partial charge in [0, 0.05) is 0 Å². The van der Waals surface area contributed by atoms with Crippen molar-refractivity contribution < 1.29 is 19.8 Å². The van der Waals surface area contributed by atoms with Crippen molar-refractivity contribution in [3.8, 4) is 0 Å². The van der Waals surface area contributed by atoms with E-state index in [1.807, 2.05) is 13.0 Å². The van der Waals surface area contributed by atoms with Crippen LogP contribution in [-0.4, -0.2) is 22.2 Å². The Balaban J connectivity index is 3.95. The molecule has 0 radical (unpaired) electrons. The van der Waals surface area contributed by atoms with E-state index in [2.05, 4.69) is 0 Å². The van der Waals surface area contributed by atoms with Gasteiger partial charge in [-0.2, -0.15) is 0 Å². The first-order valence-electron chi connectivity index (χ1n) is 4.33. The molecule has 0 fully saturated rings. The molecular formula is C10H14O4. The minimum atomic E-state index is -1.30. The molecule has 0 saturated carbocycles. The molecule has 0 atom stereocenters. The standard InChI is InChI=1S/C10H14O4/c1-2-3-4-5-6-7-8(9(11)12)10(13)14/h2-5,8H,6-7H2,1H3,(H,11,12)(H,13,14)/b3-2+,5-4+. The van der Waals surface area contributed by atoms with Crippen molar-refractivity contribution in [1.82, 2.24) is 0 Å². The summed E-state index contributed by atoms with van der Waals surface area (Å²) in [6.07, 6.45) is 7.73. The topological polar surface area (TPSA) is 74.6 Å². The molecule has 0 amide bonds. The first-order valence-corrected chi connectivity index (χ1v) is 4.33. The van der Waals surface area contributed by atoms with Crippen molar-refractivity contribution in [2.75, 3.05) is 0 Å². The van der Waals surface area contributed by atoms with Gasteiger partial charge in [0.15, 0.2) is 5.92 Å². The van der Waals surface area contributed by atoms with Crippen molar-refractivity contribution in [3.05, 3.63) is 24.3 Å². The number of hydrogen-bond acceptors (Lipinski definition) is 2. The predicted octanol–water partition coefficient (Wildman–Crippen LogP) is 1.68. The molecular weight excluding hydrogens is 184 g/mol. The fourth-order valence-corrected chi connectivity index (χ4v) is 0.901. The van der Waals surface area contributed by atoms with Gasteiger partial charge in [0.2, 0.25) is 0 Å². The summed E-state index contributed by atoms with van der Waals surface area (Å²) in [5, 5.41) is 17.1. The van der Waals surface area contributed by atoms with Crippen LogP contribution in [-0.2, 0) is 9.59 Å². The SMILES string of the molecule is C/C=C/C=C/CCC(C(=O)O)C(=O)O. The third-order valence-corrected chi connectivity index (χ3v) is 1.66. The molecule has 78 valence electrons. The number of hydrogen-bond donors (Lipinski definition) is 2. The quantitative estimate of drug-likeness (QED) is 0.503. The molecule has 0 aliphatic heterocycles. The number of carbonyl (C=O) groups is 2. The molecule has 2 N–H and O–H groups in total. The Bertz CT molecular complexity index is 239. The second-order valence-corrected chi connectivity index (χ2v) is 2.76. The molecule has 4 heteroatoms. The first-order chi connectivity index (χ1) is 6.59. The number of carboxylic acid groups (broad SMARTS) is 2. The Hall–Kier alpha value is -1.58. The summed E-state index contributed by atoms with van der Waals surface area (Å²) in [6, 6.07) is 0. The summed E-state index contributed by atoms with van der Waals surface area (Å²) in [6.45, 7) is 1.86. The fourth-order valence-electron chi connectivity index (χ4n) is 0.901. The molecule has 0 spiro atoms. The fraction of sp³-hybridized carbons (Fsp3) is 0.400. The minimum absolute atomic E-state index is 0.124. The smallest absolute Gasteiger partial charge is 0.317 e. The maximum Gasteiger partial charge on any atom is 0.317 e. The minimum Gasteiger partial charge on any atom is -0.481 e. The van der Waals surface area contributed by atoms with Gasteiger partial charge in [0.05, 0.1) is 0 Å². The molecule has 0 bridgehead atoms. The lowest BCUT2D eigenvalue weighted by Gasteiger charge is -2.03. The van der Waals surface area contributed by atoms with Crippen LogP contribution >= 0.6 is 0 Å². The van der Waals surface area contributed by atoms with Crippen LogP contribution in [0.5, 0.6) is 0 Å². The Kier molecular flexibility index (Phi) is 6.11. The number of aliphatic carboxylic acids is 2. The van der Waals surface area contributed by atoms with Crippen LogP contribution in [0, 0.1) is 5.92 Å². The zero-order valence-corrected chi connectivity index (χ0v) is 8.01. The summed E-state index contributed by atoms with van der Waals surface area (Å²) in [4.78, 5) is 20.9. The average molecular weight is 198 g/mol. The summed E-state index contributed by atoms with van der Waals surface area (Å²) >= 11 is 0. The van der Waals surface area contributed by atoms with Crippen LogP contribution in [0.1, 0.15) is 19.8 Å². The van der Waals surface area contributed by atoms with Crippen molar-refractivity contribution in [1.29, 1.82) is 0 Å². The normalized spacial score (nSPS) is 11.6. The Labute approximate surface area is 82.6 Å². The zero-order chi connectivity index (χ0) is 11.0. The lowest BCUT2D eigenvalue weighted by atomic mass is 10.0. The van der Waals surface area contributed by atoms with Gasteiger partial charge in [-0.3, -0.25) is 9.59 Å². The summed E-state index contributed by atoms with van der Waals surface area (Å²) in [5.41, 5.74) is 0. The average Bonchev–Trinajstić information content (AvgIpc) is 2.09. The second-order valence-electron chi connectivity index (χ2n) is 2.76. The lowest BCUT2D eigenvalue weighted by molar-refractivity contribution is -0.154. The molecule has 0 aromatic carbocycles. The van der Waals surface area contributed by atoms with Crippen LogP contribution in [0.2, 0.25) is 0 Å². The van der Waals surface area contributed by atoms with Crippen molar-refractivity contribution >= 4 is 11.9 Å². The molecule has 14 heavy (non-hydrogen) atoms. The third kappa shape index (κ3) is 5.13. The molecule has 0 saturated heterocycles. The maximum absolute atomic E-state index is 10.4. The van der Waals surface area contributed by atoms with Gasteiger partial charge in [-0.05, 0) is 19.8 Å². The van der Waals surface area contributed by atoms with Gasteiger partial charge in [0.1, 0.15) is 0 Å². The molecule has 0 aromatic heterocycles. The monoisotopic (exact) mass is 198 g/mol. The number of allylic oxidation sites excluding steroid dienone is 4. The van der Waals surface area contributed by atoms with Crippen LogP contribution in [0.4, 0.5) is 0 Å². The highest BCUT2D eigenvalue weighted by Gasteiger charge is 2.24. The maximum atomic E-state index is 10.4. The Morgan fingerprint density at radius 2 is 1.79 bits per heavy atom. The molecule has 0 aliphatic rings. The van der Waals surface area contributed by atoms with Gasteiger partial charge in [-0.15, -0.1) is 0 Å². The second kappa shape index (κ2) is 6.88. The van der Waals surface area contributed by atoms with Crippen molar-refractivity contribution in [2.45, 2.75) is 19.8 Å². The third-order valence-electron chi connectivity index (χ3n) is 1.66.